The van der Waals surface area contributed by atoms with Crippen LogP contribution in [0.1, 0.15) is 32.5 Å². The van der Waals surface area contributed by atoms with Gasteiger partial charge < -0.3 is 10.7 Å². The van der Waals surface area contributed by atoms with Gasteiger partial charge in [0.25, 0.3) is 0 Å². The highest BCUT2D eigenvalue weighted by Gasteiger charge is 2.28. The average molecular weight is 264 g/mol. The molecule has 4 N–H and O–H groups in total. The summed E-state index contributed by atoms with van der Waals surface area (Å²) in [6, 6.07) is 3.10. The Morgan fingerprint density at radius 3 is 2.68 bits per heavy atom. The number of hydrogen-bond acceptors (Lipinski definition) is 6. The van der Waals surface area contributed by atoms with E-state index in [2.05, 4.69) is 39.6 Å². The lowest BCUT2D eigenvalue weighted by Gasteiger charge is -2.24. The van der Waals surface area contributed by atoms with E-state index >= 15 is 0 Å². The van der Waals surface area contributed by atoms with E-state index in [1.807, 2.05) is 13.0 Å². The number of aryl methyl sites for hydroxylation is 1. The standard InChI is InChI=1S/C13H24N6/c1-4-11-16-12(7-13(17-11)18-14)15-8-9(2)19(3)10-5-6-10/h7,9-10H,4-6,8,14H2,1-3H3,(H2,15,16,17,18). The van der Waals surface area contributed by atoms with Gasteiger partial charge in [0.2, 0.25) is 0 Å². The number of hydrogen-bond donors (Lipinski definition) is 3. The van der Waals surface area contributed by atoms with Crippen LogP contribution < -0.4 is 16.6 Å². The molecule has 0 bridgehead atoms. The second kappa shape index (κ2) is 6.16. The minimum atomic E-state index is 0.488. The largest absolute Gasteiger partial charge is 0.368 e. The minimum Gasteiger partial charge on any atom is -0.368 e. The molecule has 0 radical (unpaired) electrons. The van der Waals surface area contributed by atoms with E-state index < -0.39 is 0 Å². The van der Waals surface area contributed by atoms with Crippen LogP contribution in [-0.2, 0) is 6.42 Å². The summed E-state index contributed by atoms with van der Waals surface area (Å²) in [5, 5.41) is 3.37. The molecular formula is C13H24N6. The molecule has 1 aliphatic rings. The highest BCUT2D eigenvalue weighted by molar-refractivity contribution is 5.46. The van der Waals surface area contributed by atoms with Crippen LogP contribution in [0.5, 0.6) is 0 Å². The Kier molecular flexibility index (Phi) is 4.55. The van der Waals surface area contributed by atoms with E-state index in [4.69, 9.17) is 5.84 Å². The molecule has 1 saturated carbocycles. The molecule has 19 heavy (non-hydrogen) atoms. The Hall–Kier alpha value is -1.40. The molecule has 1 fully saturated rings. The Bertz CT molecular complexity index is 395. The summed E-state index contributed by atoms with van der Waals surface area (Å²) in [6.07, 6.45) is 3.45. The molecule has 1 atom stereocenters. The summed E-state index contributed by atoms with van der Waals surface area (Å²) in [5.41, 5.74) is 2.58. The van der Waals surface area contributed by atoms with Crippen molar-refractivity contribution in [2.75, 3.05) is 24.3 Å². The summed E-state index contributed by atoms with van der Waals surface area (Å²) in [5.74, 6) is 7.69. The molecule has 1 aliphatic carbocycles. The fraction of sp³-hybridized carbons (Fsp3) is 0.692. The van der Waals surface area contributed by atoms with E-state index in [0.29, 0.717) is 11.9 Å². The predicted octanol–water partition coefficient (Wildman–Crippen LogP) is 1.22. The first-order valence-electron chi connectivity index (χ1n) is 6.94. The van der Waals surface area contributed by atoms with Gasteiger partial charge in [-0.3, -0.25) is 4.90 Å². The lowest BCUT2D eigenvalue weighted by Crippen LogP contribution is -2.36. The topological polar surface area (TPSA) is 79.1 Å². The zero-order valence-corrected chi connectivity index (χ0v) is 12.0. The molecule has 6 nitrogen and oxygen atoms in total. The first-order valence-corrected chi connectivity index (χ1v) is 6.94. The molecule has 0 aliphatic heterocycles. The molecular weight excluding hydrogens is 240 g/mol. The number of rotatable bonds is 7. The number of nitrogens with zero attached hydrogens (tertiary/aromatic N) is 3. The molecule has 1 aromatic rings. The van der Waals surface area contributed by atoms with Gasteiger partial charge in [0.1, 0.15) is 17.5 Å². The predicted molar refractivity (Wildman–Crippen MR) is 78.0 cm³/mol. The van der Waals surface area contributed by atoms with E-state index in [9.17, 15) is 0 Å². The Morgan fingerprint density at radius 2 is 2.11 bits per heavy atom. The van der Waals surface area contributed by atoms with Gasteiger partial charge in [-0.2, -0.15) is 0 Å². The third-order valence-electron chi connectivity index (χ3n) is 3.63. The maximum atomic E-state index is 5.42. The van der Waals surface area contributed by atoms with Crippen LogP contribution in [0.4, 0.5) is 11.6 Å². The normalized spacial score (nSPS) is 16.5. The van der Waals surface area contributed by atoms with Gasteiger partial charge in [0.05, 0.1) is 0 Å². The fourth-order valence-corrected chi connectivity index (χ4v) is 2.06. The second-order valence-corrected chi connectivity index (χ2v) is 5.18. The van der Waals surface area contributed by atoms with Gasteiger partial charge in [0, 0.05) is 31.1 Å². The summed E-state index contributed by atoms with van der Waals surface area (Å²) < 4.78 is 0. The molecule has 0 aromatic carbocycles. The fourth-order valence-electron chi connectivity index (χ4n) is 2.06. The van der Waals surface area contributed by atoms with Gasteiger partial charge in [-0.05, 0) is 26.8 Å². The second-order valence-electron chi connectivity index (χ2n) is 5.18. The zero-order valence-electron chi connectivity index (χ0n) is 12.0. The molecule has 2 rings (SSSR count). The molecule has 6 heteroatoms. The maximum absolute atomic E-state index is 5.42. The molecule has 0 saturated heterocycles. The number of hydrazine groups is 1. The Morgan fingerprint density at radius 1 is 1.42 bits per heavy atom. The van der Waals surface area contributed by atoms with Crippen molar-refractivity contribution >= 4 is 11.6 Å². The summed E-state index contributed by atoms with van der Waals surface area (Å²) >= 11 is 0. The smallest absolute Gasteiger partial charge is 0.145 e. The van der Waals surface area contributed by atoms with E-state index in [-0.39, 0.29) is 0 Å². The van der Waals surface area contributed by atoms with Crippen LogP contribution in [0.25, 0.3) is 0 Å². The van der Waals surface area contributed by atoms with Crippen molar-refractivity contribution in [1.82, 2.24) is 14.9 Å². The van der Waals surface area contributed by atoms with Crippen molar-refractivity contribution in [1.29, 1.82) is 0 Å². The number of nitrogens with two attached hydrogens (primary N) is 1. The van der Waals surface area contributed by atoms with Crippen LogP contribution in [-0.4, -0.2) is 40.5 Å². The van der Waals surface area contributed by atoms with Gasteiger partial charge in [-0.25, -0.2) is 15.8 Å². The molecule has 1 aromatic heterocycles. The minimum absolute atomic E-state index is 0.488. The monoisotopic (exact) mass is 264 g/mol. The lowest BCUT2D eigenvalue weighted by molar-refractivity contribution is 0.257. The number of aromatic nitrogens is 2. The maximum Gasteiger partial charge on any atom is 0.145 e. The molecule has 1 heterocycles. The van der Waals surface area contributed by atoms with E-state index in [0.717, 1.165) is 30.6 Å². The Balaban J connectivity index is 1.94. The highest BCUT2D eigenvalue weighted by atomic mass is 15.3. The third-order valence-corrected chi connectivity index (χ3v) is 3.63. The van der Waals surface area contributed by atoms with Crippen molar-refractivity contribution in [2.45, 2.75) is 45.2 Å². The number of anilines is 2. The molecule has 106 valence electrons. The van der Waals surface area contributed by atoms with Crippen molar-refractivity contribution in [3.8, 4) is 0 Å². The summed E-state index contributed by atoms with van der Waals surface area (Å²) in [7, 11) is 2.19. The molecule has 0 amide bonds. The van der Waals surface area contributed by atoms with Crippen LogP contribution in [0.15, 0.2) is 6.07 Å². The zero-order chi connectivity index (χ0) is 13.8. The first kappa shape index (κ1) is 14.0. The van der Waals surface area contributed by atoms with Crippen LogP contribution >= 0.6 is 0 Å². The van der Waals surface area contributed by atoms with Gasteiger partial charge >= 0.3 is 0 Å². The summed E-state index contributed by atoms with van der Waals surface area (Å²) in [4.78, 5) is 11.2. The first-order chi connectivity index (χ1) is 9.13. The lowest BCUT2D eigenvalue weighted by atomic mass is 10.3. The van der Waals surface area contributed by atoms with Gasteiger partial charge in [0.15, 0.2) is 0 Å². The van der Waals surface area contributed by atoms with Crippen molar-refractivity contribution in [2.24, 2.45) is 5.84 Å². The number of nitrogens with one attached hydrogen (secondary N) is 2. The highest BCUT2D eigenvalue weighted by Crippen LogP contribution is 2.26. The van der Waals surface area contributed by atoms with Crippen LogP contribution in [0.2, 0.25) is 0 Å². The van der Waals surface area contributed by atoms with Crippen LogP contribution in [0.3, 0.4) is 0 Å². The SMILES string of the molecule is CCc1nc(NN)cc(NCC(C)N(C)C2CC2)n1. The van der Waals surface area contributed by atoms with Gasteiger partial charge in [-0.15, -0.1) is 0 Å². The van der Waals surface area contributed by atoms with E-state index in [1.54, 1.807) is 0 Å². The quantitative estimate of drug-likeness (QED) is 0.507. The third kappa shape index (κ3) is 3.78. The average Bonchev–Trinajstić information content (AvgIpc) is 3.27. The van der Waals surface area contributed by atoms with E-state index in [1.165, 1.54) is 12.8 Å². The molecule has 1 unspecified atom stereocenters. The van der Waals surface area contributed by atoms with Crippen molar-refractivity contribution in [3.05, 3.63) is 11.9 Å². The number of nitrogen functional groups attached to an aromatic ring is 1. The molecule has 0 spiro atoms. The van der Waals surface area contributed by atoms with Gasteiger partial charge in [-0.1, -0.05) is 6.92 Å². The summed E-state index contributed by atoms with van der Waals surface area (Å²) in [6.45, 7) is 5.13. The van der Waals surface area contributed by atoms with Crippen molar-refractivity contribution < 1.29 is 0 Å². The Labute approximate surface area is 114 Å². The van der Waals surface area contributed by atoms with Crippen LogP contribution in [0, 0.1) is 0 Å². The number of likely N-dealkylation sites (N-methyl/N-ethyl adjacent to an activating group) is 1. The van der Waals surface area contributed by atoms with Crippen molar-refractivity contribution in [3.63, 3.8) is 0 Å².